The minimum Gasteiger partial charge on any atom is -0.361 e. The molecule has 100 valence electrons. The van der Waals surface area contributed by atoms with Gasteiger partial charge in [0.1, 0.15) is 4.75 Å². The Labute approximate surface area is 113 Å². The van der Waals surface area contributed by atoms with Gasteiger partial charge in [-0.05, 0) is 43.9 Å². The maximum Gasteiger partial charge on any atom is 0.264 e. The Morgan fingerprint density at radius 1 is 1.33 bits per heavy atom. The minimum absolute atomic E-state index is 0.0724. The highest BCUT2D eigenvalue weighted by Gasteiger charge is 2.45. The van der Waals surface area contributed by atoms with Crippen molar-refractivity contribution < 1.29 is 4.79 Å². The van der Waals surface area contributed by atoms with Gasteiger partial charge in [0.25, 0.3) is 5.91 Å². The molecule has 2 bridgehead atoms. The van der Waals surface area contributed by atoms with Gasteiger partial charge in [-0.3, -0.25) is 4.79 Å². The molecular weight excluding hydrogens is 244 g/mol. The Morgan fingerprint density at radius 3 is 2.61 bits per heavy atom. The summed E-state index contributed by atoms with van der Waals surface area (Å²) in [6.07, 6.45) is 7.19. The van der Waals surface area contributed by atoms with Crippen LogP contribution in [-0.2, 0) is 4.79 Å². The summed E-state index contributed by atoms with van der Waals surface area (Å²) in [6, 6.07) is 0.576. The molecule has 1 heterocycles. The van der Waals surface area contributed by atoms with Crippen LogP contribution in [0.4, 0.5) is 0 Å². The summed E-state index contributed by atoms with van der Waals surface area (Å²) in [6.45, 7) is 4.18. The van der Waals surface area contributed by atoms with Gasteiger partial charge in [0.2, 0.25) is 0 Å². The number of hydrogen-bond donors (Lipinski definition) is 1. The third-order valence-electron chi connectivity index (χ3n) is 5.07. The zero-order chi connectivity index (χ0) is 12.8. The Bertz CT molecular complexity index is 389. The van der Waals surface area contributed by atoms with Gasteiger partial charge in [-0.1, -0.05) is 32.0 Å². The molecule has 1 amide bonds. The van der Waals surface area contributed by atoms with Gasteiger partial charge in [-0.15, -0.1) is 0 Å². The number of amidine groups is 1. The van der Waals surface area contributed by atoms with Gasteiger partial charge in [0, 0.05) is 6.04 Å². The molecule has 3 unspecified atom stereocenters. The third kappa shape index (κ3) is 1.89. The molecule has 3 aliphatic rings. The van der Waals surface area contributed by atoms with E-state index in [-0.39, 0.29) is 10.7 Å². The summed E-state index contributed by atoms with van der Waals surface area (Å²) < 4.78 is -0.278. The Hall–Kier alpha value is -0.510. The molecular formula is C14H22N2OS. The van der Waals surface area contributed by atoms with Crippen molar-refractivity contribution >= 4 is 22.8 Å². The number of carbonyl (C=O) groups is 1. The van der Waals surface area contributed by atoms with E-state index < -0.39 is 0 Å². The van der Waals surface area contributed by atoms with E-state index in [9.17, 15) is 4.79 Å². The summed E-state index contributed by atoms with van der Waals surface area (Å²) in [5.74, 6) is 1.83. The zero-order valence-corrected chi connectivity index (χ0v) is 12.1. The average molecular weight is 266 g/mol. The van der Waals surface area contributed by atoms with Crippen molar-refractivity contribution in [3.8, 4) is 0 Å². The van der Waals surface area contributed by atoms with Crippen molar-refractivity contribution in [2.75, 3.05) is 0 Å². The van der Waals surface area contributed by atoms with Crippen LogP contribution >= 0.6 is 11.8 Å². The molecule has 2 saturated carbocycles. The number of carbonyl (C=O) groups excluding carboxylic acids is 1. The molecule has 3 atom stereocenters. The second-order valence-electron chi connectivity index (χ2n) is 5.95. The Kier molecular flexibility index (Phi) is 3.16. The van der Waals surface area contributed by atoms with Crippen LogP contribution in [0.3, 0.4) is 0 Å². The number of thioether (sulfide) groups is 1. The molecule has 0 aromatic rings. The summed E-state index contributed by atoms with van der Waals surface area (Å²) in [5, 5.41) is 4.45. The van der Waals surface area contributed by atoms with E-state index in [1.165, 1.54) is 25.7 Å². The fourth-order valence-electron chi connectivity index (χ4n) is 3.78. The van der Waals surface area contributed by atoms with Crippen molar-refractivity contribution in [1.29, 1.82) is 0 Å². The monoisotopic (exact) mass is 266 g/mol. The first-order chi connectivity index (χ1) is 8.66. The van der Waals surface area contributed by atoms with Gasteiger partial charge < -0.3 is 5.32 Å². The van der Waals surface area contributed by atoms with Crippen LogP contribution in [0, 0.1) is 11.8 Å². The largest absolute Gasteiger partial charge is 0.361 e. The first-order valence-electron chi connectivity index (χ1n) is 7.25. The minimum atomic E-state index is -0.278. The molecule has 0 spiro atoms. The Morgan fingerprint density at radius 2 is 2.11 bits per heavy atom. The maximum atomic E-state index is 12.1. The lowest BCUT2D eigenvalue weighted by Crippen LogP contribution is -2.37. The molecule has 1 aliphatic heterocycles. The first kappa shape index (κ1) is 12.5. The summed E-state index contributed by atoms with van der Waals surface area (Å²) in [7, 11) is 0. The predicted molar refractivity (Wildman–Crippen MR) is 75.7 cm³/mol. The zero-order valence-electron chi connectivity index (χ0n) is 11.2. The van der Waals surface area contributed by atoms with E-state index in [1.54, 1.807) is 11.8 Å². The highest BCUT2D eigenvalue weighted by atomic mass is 32.2. The van der Waals surface area contributed by atoms with Crippen LogP contribution in [-0.4, -0.2) is 21.9 Å². The normalized spacial score (nSPS) is 37.1. The fourth-order valence-corrected chi connectivity index (χ4v) is 4.91. The predicted octanol–water partition coefficient (Wildman–Crippen LogP) is 2.95. The fraction of sp³-hybridized carbons (Fsp3) is 0.857. The van der Waals surface area contributed by atoms with Crippen molar-refractivity contribution in [2.24, 2.45) is 16.8 Å². The van der Waals surface area contributed by atoms with Crippen LogP contribution in [0.1, 0.15) is 52.4 Å². The average Bonchev–Trinajstić information content (AvgIpc) is 3.04. The second-order valence-corrected chi connectivity index (χ2v) is 7.32. The highest BCUT2D eigenvalue weighted by molar-refractivity contribution is 8.16. The molecule has 3 rings (SSSR count). The lowest BCUT2D eigenvalue weighted by molar-refractivity contribution is -0.119. The molecule has 0 saturated heterocycles. The molecule has 2 fully saturated rings. The van der Waals surface area contributed by atoms with Crippen molar-refractivity contribution in [2.45, 2.75) is 63.2 Å². The highest BCUT2D eigenvalue weighted by Crippen LogP contribution is 2.46. The van der Waals surface area contributed by atoms with Crippen molar-refractivity contribution in [1.82, 2.24) is 5.32 Å². The van der Waals surface area contributed by atoms with Crippen molar-refractivity contribution in [3.05, 3.63) is 0 Å². The number of nitrogens with one attached hydrogen (secondary N) is 1. The van der Waals surface area contributed by atoms with Gasteiger partial charge in [0.15, 0.2) is 5.17 Å². The molecule has 18 heavy (non-hydrogen) atoms. The smallest absolute Gasteiger partial charge is 0.264 e. The molecule has 0 aromatic carbocycles. The number of amides is 1. The van der Waals surface area contributed by atoms with Crippen LogP contribution in [0.5, 0.6) is 0 Å². The number of nitrogens with zero attached hydrogens (tertiary/aromatic N) is 1. The lowest BCUT2D eigenvalue weighted by atomic mass is 9.96. The van der Waals surface area contributed by atoms with Gasteiger partial charge in [0.05, 0.1) is 0 Å². The van der Waals surface area contributed by atoms with Gasteiger partial charge in [-0.2, -0.15) is 4.99 Å². The molecule has 3 nitrogen and oxygen atoms in total. The van der Waals surface area contributed by atoms with E-state index in [0.29, 0.717) is 6.04 Å². The number of aliphatic imine (C=N–C) groups is 1. The summed E-state index contributed by atoms with van der Waals surface area (Å²) >= 11 is 1.67. The molecule has 2 aliphatic carbocycles. The first-order valence-corrected chi connectivity index (χ1v) is 8.07. The Balaban J connectivity index is 1.65. The summed E-state index contributed by atoms with van der Waals surface area (Å²) in [5.41, 5.74) is 0. The molecule has 0 aromatic heterocycles. The van der Waals surface area contributed by atoms with Gasteiger partial charge in [-0.25, -0.2) is 0 Å². The molecule has 4 heteroatoms. The third-order valence-corrected chi connectivity index (χ3v) is 6.62. The topological polar surface area (TPSA) is 41.5 Å². The lowest BCUT2D eigenvalue weighted by Gasteiger charge is -2.25. The number of fused-ring (bicyclic) bond motifs is 2. The van der Waals surface area contributed by atoms with Gasteiger partial charge >= 0.3 is 0 Å². The van der Waals surface area contributed by atoms with Crippen LogP contribution < -0.4 is 5.32 Å². The van der Waals surface area contributed by atoms with Crippen LogP contribution in [0.2, 0.25) is 0 Å². The molecule has 0 radical (unpaired) electrons. The van der Waals surface area contributed by atoms with E-state index in [2.05, 4.69) is 24.2 Å². The van der Waals surface area contributed by atoms with E-state index in [1.807, 2.05) is 0 Å². The van der Waals surface area contributed by atoms with Crippen molar-refractivity contribution in [3.63, 3.8) is 0 Å². The second kappa shape index (κ2) is 4.55. The standard InChI is InChI=1S/C14H22N2OS/c1-3-14(4-2)12(17)16-13(18-14)15-11-8-9-5-6-10(11)7-9/h9-11H,3-8H2,1-2H3,(H,15,16,17). The SMILES string of the molecule is CCC1(CC)SC(NC2CC3CCC2C3)=NC1=O. The summed E-state index contributed by atoms with van der Waals surface area (Å²) in [4.78, 5) is 16.3. The van der Waals surface area contributed by atoms with E-state index in [4.69, 9.17) is 0 Å². The van der Waals surface area contributed by atoms with E-state index in [0.717, 1.165) is 29.8 Å². The number of hydrogen-bond acceptors (Lipinski definition) is 3. The molecule has 1 N–H and O–H groups in total. The maximum absolute atomic E-state index is 12.1. The quantitative estimate of drug-likeness (QED) is 0.854. The van der Waals surface area contributed by atoms with Crippen LogP contribution in [0.15, 0.2) is 4.99 Å². The van der Waals surface area contributed by atoms with E-state index >= 15 is 0 Å². The van der Waals surface area contributed by atoms with Crippen LogP contribution in [0.25, 0.3) is 0 Å². The number of rotatable bonds is 3.